The summed E-state index contributed by atoms with van der Waals surface area (Å²) in [5.74, 6) is -0.154. The van der Waals surface area contributed by atoms with Crippen LogP contribution in [-0.4, -0.2) is 11.5 Å². The number of fused-ring (bicyclic) bond motifs is 1. The fourth-order valence-electron chi connectivity index (χ4n) is 4.14. The van der Waals surface area contributed by atoms with Crippen molar-refractivity contribution in [3.8, 4) is 17.2 Å². The highest BCUT2D eigenvalue weighted by molar-refractivity contribution is 7.17. The van der Waals surface area contributed by atoms with Gasteiger partial charge in [0.2, 0.25) is 5.91 Å². The van der Waals surface area contributed by atoms with Crippen LogP contribution in [0.3, 0.4) is 0 Å². The molecule has 4 nitrogen and oxygen atoms in total. The Morgan fingerprint density at radius 1 is 1.22 bits per heavy atom. The summed E-state index contributed by atoms with van der Waals surface area (Å²) in [6, 6.07) is 12.5. The Labute approximate surface area is 164 Å². The zero-order valence-corrected chi connectivity index (χ0v) is 16.6. The molecule has 1 aromatic heterocycles. The van der Waals surface area contributed by atoms with E-state index in [1.54, 1.807) is 11.3 Å². The van der Waals surface area contributed by atoms with Gasteiger partial charge in [-0.1, -0.05) is 43.2 Å². The standard InChI is InChI=1S/C22H24N2O2S/c1-21(2)12-16-17(13-26-21)27-19(18(16)15-8-4-3-5-9-15)24-20(25)22(14-23)10-6-7-11-22/h3-5,8-9H,6-7,10-13H2,1-2H3,(H,24,25). The van der Waals surface area contributed by atoms with Gasteiger partial charge in [-0.15, -0.1) is 11.3 Å². The summed E-state index contributed by atoms with van der Waals surface area (Å²) in [7, 11) is 0. The quantitative estimate of drug-likeness (QED) is 0.787. The van der Waals surface area contributed by atoms with Crippen molar-refractivity contribution in [2.24, 2.45) is 5.41 Å². The molecule has 0 radical (unpaired) electrons. The molecule has 1 aliphatic carbocycles. The molecular formula is C22H24N2O2S. The molecule has 4 rings (SSSR count). The number of ether oxygens (including phenoxy) is 1. The highest BCUT2D eigenvalue weighted by atomic mass is 32.1. The molecule has 1 fully saturated rings. The van der Waals surface area contributed by atoms with Gasteiger partial charge in [-0.05, 0) is 37.8 Å². The number of benzene rings is 1. The molecule has 0 unspecified atom stereocenters. The van der Waals surface area contributed by atoms with Gasteiger partial charge < -0.3 is 10.1 Å². The maximum Gasteiger partial charge on any atom is 0.245 e. The van der Waals surface area contributed by atoms with E-state index in [4.69, 9.17) is 4.74 Å². The molecule has 0 saturated heterocycles. The molecule has 27 heavy (non-hydrogen) atoms. The number of hydrogen-bond donors (Lipinski definition) is 1. The number of hydrogen-bond acceptors (Lipinski definition) is 4. The SMILES string of the molecule is CC1(C)Cc2c(sc(NC(=O)C3(C#N)CCCC3)c2-c2ccccc2)CO1. The molecule has 1 amide bonds. The van der Waals surface area contributed by atoms with E-state index in [9.17, 15) is 10.1 Å². The summed E-state index contributed by atoms with van der Waals surface area (Å²) < 4.78 is 5.99. The van der Waals surface area contributed by atoms with Gasteiger partial charge in [0, 0.05) is 16.9 Å². The van der Waals surface area contributed by atoms with E-state index in [0.717, 1.165) is 35.4 Å². The average molecular weight is 381 g/mol. The van der Waals surface area contributed by atoms with Gasteiger partial charge >= 0.3 is 0 Å². The van der Waals surface area contributed by atoms with Gasteiger partial charge in [0.05, 0.1) is 18.3 Å². The molecule has 1 aromatic carbocycles. The number of amides is 1. The smallest absolute Gasteiger partial charge is 0.245 e. The summed E-state index contributed by atoms with van der Waals surface area (Å²) in [6.45, 7) is 4.76. The molecular weight excluding hydrogens is 356 g/mol. The van der Waals surface area contributed by atoms with Crippen LogP contribution < -0.4 is 5.32 Å². The lowest BCUT2D eigenvalue weighted by atomic mass is 9.86. The van der Waals surface area contributed by atoms with E-state index in [1.165, 1.54) is 10.4 Å². The second-order valence-corrected chi connectivity index (χ2v) is 9.26. The van der Waals surface area contributed by atoms with Crippen LogP contribution in [0.1, 0.15) is 50.0 Å². The lowest BCUT2D eigenvalue weighted by Crippen LogP contribution is -2.32. The number of carbonyl (C=O) groups is 1. The van der Waals surface area contributed by atoms with E-state index >= 15 is 0 Å². The molecule has 1 aliphatic heterocycles. The van der Waals surface area contributed by atoms with Crippen LogP contribution >= 0.6 is 11.3 Å². The third-order valence-electron chi connectivity index (χ3n) is 5.68. The number of thiophene rings is 1. The lowest BCUT2D eigenvalue weighted by Gasteiger charge is -2.30. The molecule has 2 aliphatic rings. The molecule has 0 atom stereocenters. The Bertz CT molecular complexity index is 902. The van der Waals surface area contributed by atoms with Crippen molar-refractivity contribution in [3.63, 3.8) is 0 Å². The minimum atomic E-state index is -0.881. The predicted octanol–water partition coefficient (Wildman–Crippen LogP) is 5.29. The van der Waals surface area contributed by atoms with Crippen molar-refractivity contribution in [2.75, 3.05) is 5.32 Å². The number of carbonyl (C=O) groups excluding carboxylic acids is 1. The minimum absolute atomic E-state index is 0.154. The van der Waals surface area contributed by atoms with Gasteiger partial charge in [-0.2, -0.15) is 5.26 Å². The Morgan fingerprint density at radius 3 is 2.59 bits per heavy atom. The Hall–Kier alpha value is -2.16. The Balaban J connectivity index is 1.76. The van der Waals surface area contributed by atoms with Crippen LogP contribution in [0.15, 0.2) is 30.3 Å². The van der Waals surface area contributed by atoms with E-state index in [-0.39, 0.29) is 11.5 Å². The van der Waals surface area contributed by atoms with E-state index in [0.29, 0.717) is 19.4 Å². The molecule has 1 saturated carbocycles. The maximum atomic E-state index is 13.0. The second kappa shape index (κ2) is 6.78. The first-order valence-electron chi connectivity index (χ1n) is 9.51. The van der Waals surface area contributed by atoms with Gasteiger partial charge in [-0.25, -0.2) is 0 Å². The molecule has 140 valence electrons. The topological polar surface area (TPSA) is 62.1 Å². The first kappa shape index (κ1) is 18.2. The summed E-state index contributed by atoms with van der Waals surface area (Å²) in [5.41, 5.74) is 2.34. The number of nitriles is 1. The number of nitrogens with zero attached hydrogens (tertiary/aromatic N) is 1. The highest BCUT2D eigenvalue weighted by Gasteiger charge is 2.42. The molecule has 1 N–H and O–H groups in total. The van der Waals surface area contributed by atoms with E-state index in [2.05, 4.69) is 37.4 Å². The normalized spacial score (nSPS) is 19.9. The third-order valence-corrected chi connectivity index (χ3v) is 6.80. The second-order valence-electron chi connectivity index (χ2n) is 8.15. The minimum Gasteiger partial charge on any atom is -0.370 e. The Morgan fingerprint density at radius 2 is 1.93 bits per heavy atom. The lowest BCUT2D eigenvalue weighted by molar-refractivity contribution is -0.122. The van der Waals surface area contributed by atoms with Crippen LogP contribution in [0.2, 0.25) is 0 Å². The van der Waals surface area contributed by atoms with Crippen molar-refractivity contribution in [2.45, 2.75) is 58.2 Å². The average Bonchev–Trinajstić information content (AvgIpc) is 3.27. The highest BCUT2D eigenvalue weighted by Crippen LogP contribution is 2.47. The fraction of sp³-hybridized carbons (Fsp3) is 0.455. The van der Waals surface area contributed by atoms with Gasteiger partial charge in [-0.3, -0.25) is 4.79 Å². The van der Waals surface area contributed by atoms with E-state index < -0.39 is 5.41 Å². The van der Waals surface area contributed by atoms with Crippen molar-refractivity contribution in [1.82, 2.24) is 0 Å². The Kier molecular flexibility index (Phi) is 4.57. The van der Waals surface area contributed by atoms with Gasteiger partial charge in [0.15, 0.2) is 0 Å². The largest absolute Gasteiger partial charge is 0.370 e. The molecule has 0 spiro atoms. The number of anilines is 1. The number of nitrogens with one attached hydrogen (secondary N) is 1. The van der Waals surface area contributed by atoms with Gasteiger partial charge in [0.1, 0.15) is 10.4 Å². The van der Waals surface area contributed by atoms with Crippen LogP contribution in [0.4, 0.5) is 5.00 Å². The maximum absolute atomic E-state index is 13.0. The molecule has 5 heteroatoms. The first-order valence-corrected chi connectivity index (χ1v) is 10.3. The summed E-state index contributed by atoms with van der Waals surface area (Å²) in [4.78, 5) is 14.2. The van der Waals surface area contributed by atoms with E-state index in [1.807, 2.05) is 18.2 Å². The van der Waals surface area contributed by atoms with Crippen LogP contribution in [0.25, 0.3) is 11.1 Å². The third kappa shape index (κ3) is 3.28. The van der Waals surface area contributed by atoms with Crippen LogP contribution in [-0.2, 0) is 22.6 Å². The molecule has 2 aromatic rings. The van der Waals surface area contributed by atoms with Crippen molar-refractivity contribution >= 4 is 22.2 Å². The molecule has 0 bridgehead atoms. The van der Waals surface area contributed by atoms with Gasteiger partial charge in [0.25, 0.3) is 0 Å². The predicted molar refractivity (Wildman–Crippen MR) is 107 cm³/mol. The molecule has 2 heterocycles. The first-order chi connectivity index (χ1) is 12.9. The summed E-state index contributed by atoms with van der Waals surface area (Å²) in [6.07, 6.45) is 3.99. The monoisotopic (exact) mass is 380 g/mol. The van der Waals surface area contributed by atoms with Crippen molar-refractivity contribution in [3.05, 3.63) is 40.8 Å². The van der Waals surface area contributed by atoms with Crippen LogP contribution in [0, 0.1) is 16.7 Å². The van der Waals surface area contributed by atoms with Crippen molar-refractivity contribution < 1.29 is 9.53 Å². The number of rotatable bonds is 3. The fourth-order valence-corrected chi connectivity index (χ4v) is 5.29. The summed E-state index contributed by atoms with van der Waals surface area (Å²) in [5, 5.41) is 13.6. The van der Waals surface area contributed by atoms with Crippen LogP contribution in [0.5, 0.6) is 0 Å². The zero-order valence-electron chi connectivity index (χ0n) is 15.8. The summed E-state index contributed by atoms with van der Waals surface area (Å²) >= 11 is 1.59. The van der Waals surface area contributed by atoms with Crippen molar-refractivity contribution in [1.29, 1.82) is 5.26 Å². The zero-order chi connectivity index (χ0) is 19.1.